The molecule has 3 saturated heterocycles. The van der Waals surface area contributed by atoms with Crippen LogP contribution in [0.25, 0.3) is 0 Å². The SMILES string of the molecule is C[C@H]1O[C@@]2(CN3C(=O)N(c4cc(Cl)cc(Cl)c4)C(=O)[C@]3(Cc3ccc(Br)cc3)C2)NC1=O. The molecule has 1 spiro atoms. The molecule has 0 aliphatic carbocycles. The van der Waals surface area contributed by atoms with Gasteiger partial charge in [-0.3, -0.25) is 9.59 Å². The number of urea groups is 1. The molecule has 0 unspecified atom stereocenters. The molecular formula is C22H18BrCl2N3O4. The number of hydrogen-bond donors (Lipinski definition) is 1. The van der Waals surface area contributed by atoms with E-state index >= 15 is 0 Å². The molecule has 3 fully saturated rings. The van der Waals surface area contributed by atoms with E-state index in [0.717, 1.165) is 14.9 Å². The maximum atomic E-state index is 13.9. The molecule has 4 amide bonds. The Labute approximate surface area is 202 Å². The number of carbonyl (C=O) groups is 3. The molecule has 3 heterocycles. The Morgan fingerprint density at radius 3 is 2.38 bits per heavy atom. The molecule has 0 bridgehead atoms. The van der Waals surface area contributed by atoms with Crippen molar-refractivity contribution >= 4 is 62.7 Å². The summed E-state index contributed by atoms with van der Waals surface area (Å²) in [5.74, 6) is -0.665. The molecule has 3 atom stereocenters. The largest absolute Gasteiger partial charge is 0.341 e. The molecule has 3 aliphatic rings. The van der Waals surface area contributed by atoms with Crippen LogP contribution < -0.4 is 10.2 Å². The number of hydrogen-bond acceptors (Lipinski definition) is 4. The quantitative estimate of drug-likeness (QED) is 0.596. The van der Waals surface area contributed by atoms with Gasteiger partial charge in [-0.15, -0.1) is 0 Å². The predicted molar refractivity (Wildman–Crippen MR) is 123 cm³/mol. The predicted octanol–water partition coefficient (Wildman–Crippen LogP) is 4.14. The lowest BCUT2D eigenvalue weighted by Crippen LogP contribution is -2.49. The number of anilines is 1. The zero-order chi connectivity index (χ0) is 22.8. The molecule has 0 saturated carbocycles. The molecule has 166 valence electrons. The summed E-state index contributed by atoms with van der Waals surface area (Å²) in [6.45, 7) is 1.72. The second-order valence-electron chi connectivity index (χ2n) is 8.39. The third-order valence-electron chi connectivity index (χ3n) is 6.17. The number of fused-ring (bicyclic) bond motifs is 1. The van der Waals surface area contributed by atoms with Crippen LogP contribution in [-0.2, 0) is 20.7 Å². The first-order chi connectivity index (χ1) is 15.1. The Balaban J connectivity index is 1.59. The Morgan fingerprint density at radius 2 is 1.78 bits per heavy atom. The highest BCUT2D eigenvalue weighted by atomic mass is 79.9. The molecule has 1 N–H and O–H groups in total. The summed E-state index contributed by atoms with van der Waals surface area (Å²) >= 11 is 15.7. The number of rotatable bonds is 3. The van der Waals surface area contributed by atoms with Gasteiger partial charge in [0, 0.05) is 27.4 Å². The van der Waals surface area contributed by atoms with Gasteiger partial charge in [-0.1, -0.05) is 51.3 Å². The summed E-state index contributed by atoms with van der Waals surface area (Å²) in [5.41, 5.74) is -1.15. The van der Waals surface area contributed by atoms with Gasteiger partial charge in [-0.25, -0.2) is 9.69 Å². The van der Waals surface area contributed by atoms with E-state index in [-0.39, 0.29) is 25.3 Å². The van der Waals surface area contributed by atoms with Crippen LogP contribution in [0.1, 0.15) is 18.9 Å². The number of carbonyl (C=O) groups excluding carboxylic acids is 3. The van der Waals surface area contributed by atoms with Crippen molar-refractivity contribution in [1.29, 1.82) is 0 Å². The van der Waals surface area contributed by atoms with Crippen LogP contribution in [0.15, 0.2) is 46.9 Å². The van der Waals surface area contributed by atoms with Gasteiger partial charge in [0.25, 0.3) is 11.8 Å². The number of amides is 4. The first-order valence-electron chi connectivity index (χ1n) is 9.99. The van der Waals surface area contributed by atoms with E-state index in [1.807, 2.05) is 24.3 Å². The highest BCUT2D eigenvalue weighted by Gasteiger charge is 2.68. The van der Waals surface area contributed by atoms with Crippen LogP contribution in [0.5, 0.6) is 0 Å². The summed E-state index contributed by atoms with van der Waals surface area (Å²) in [4.78, 5) is 42.3. The van der Waals surface area contributed by atoms with Gasteiger partial charge < -0.3 is 15.0 Å². The van der Waals surface area contributed by atoms with Crippen LogP contribution >= 0.6 is 39.1 Å². The lowest BCUT2D eigenvalue weighted by molar-refractivity contribution is -0.124. The van der Waals surface area contributed by atoms with Crippen molar-refractivity contribution in [2.75, 3.05) is 11.4 Å². The molecule has 0 radical (unpaired) electrons. The number of nitrogens with zero attached hydrogens (tertiary/aromatic N) is 2. The zero-order valence-electron chi connectivity index (χ0n) is 16.9. The standard InChI is InChI=1S/C22H18BrCl2N3O4/c1-12-18(29)26-22(32-12)10-21(9-13-2-4-14(23)5-3-13)19(30)28(20(31)27(21)11-22)17-7-15(24)6-16(25)8-17/h2-8,12H,9-11H2,1H3,(H,26,29)/t12-,21+,22+/m1/s1. The normalized spacial score (nSPS) is 29.2. The van der Waals surface area contributed by atoms with Gasteiger partial charge in [-0.2, -0.15) is 0 Å². The number of ether oxygens (including phenoxy) is 1. The van der Waals surface area contributed by atoms with Crippen LogP contribution in [-0.4, -0.2) is 46.7 Å². The van der Waals surface area contributed by atoms with Crippen molar-refractivity contribution in [2.45, 2.75) is 37.1 Å². The summed E-state index contributed by atoms with van der Waals surface area (Å²) in [6.07, 6.45) is -0.250. The molecule has 32 heavy (non-hydrogen) atoms. The first-order valence-corrected chi connectivity index (χ1v) is 11.5. The maximum absolute atomic E-state index is 13.9. The van der Waals surface area contributed by atoms with E-state index in [9.17, 15) is 14.4 Å². The molecule has 2 aromatic rings. The van der Waals surface area contributed by atoms with E-state index in [1.165, 1.54) is 23.1 Å². The summed E-state index contributed by atoms with van der Waals surface area (Å²) in [6, 6.07) is 11.7. The average molecular weight is 539 g/mol. The topological polar surface area (TPSA) is 79.0 Å². The third kappa shape index (κ3) is 3.32. The Kier molecular flexibility index (Phi) is 5.05. The third-order valence-corrected chi connectivity index (χ3v) is 7.13. The van der Waals surface area contributed by atoms with Crippen LogP contribution in [0, 0.1) is 0 Å². The van der Waals surface area contributed by atoms with Crippen LogP contribution in [0.3, 0.4) is 0 Å². The Hall–Kier alpha value is -2.13. The minimum atomic E-state index is -1.23. The van der Waals surface area contributed by atoms with Crippen molar-refractivity contribution in [3.8, 4) is 0 Å². The lowest BCUT2D eigenvalue weighted by Gasteiger charge is -2.28. The number of halogens is 3. The summed E-state index contributed by atoms with van der Waals surface area (Å²) in [7, 11) is 0. The summed E-state index contributed by atoms with van der Waals surface area (Å²) in [5, 5.41) is 3.50. The van der Waals surface area contributed by atoms with Crippen LogP contribution in [0.4, 0.5) is 10.5 Å². The minimum absolute atomic E-state index is 0.0645. The van der Waals surface area contributed by atoms with E-state index in [0.29, 0.717) is 15.7 Å². The molecule has 10 heteroatoms. The fourth-order valence-electron chi connectivity index (χ4n) is 4.87. The van der Waals surface area contributed by atoms with Gasteiger partial charge in [0.1, 0.15) is 11.6 Å². The highest BCUT2D eigenvalue weighted by molar-refractivity contribution is 9.10. The van der Waals surface area contributed by atoms with Crippen molar-refractivity contribution < 1.29 is 19.1 Å². The number of benzene rings is 2. The van der Waals surface area contributed by atoms with E-state index < -0.39 is 29.3 Å². The monoisotopic (exact) mass is 537 g/mol. The van der Waals surface area contributed by atoms with Crippen LogP contribution in [0.2, 0.25) is 10.0 Å². The smallest absolute Gasteiger partial charge is 0.332 e. The van der Waals surface area contributed by atoms with Crippen molar-refractivity contribution in [1.82, 2.24) is 10.2 Å². The van der Waals surface area contributed by atoms with E-state index in [4.69, 9.17) is 27.9 Å². The Bertz CT molecular complexity index is 1140. The fraction of sp³-hybridized carbons (Fsp3) is 0.318. The van der Waals surface area contributed by atoms with Crippen molar-refractivity contribution in [3.05, 3.63) is 62.5 Å². The van der Waals surface area contributed by atoms with Gasteiger partial charge in [0.05, 0.1) is 12.2 Å². The fourth-order valence-corrected chi connectivity index (χ4v) is 5.65. The van der Waals surface area contributed by atoms with E-state index in [1.54, 1.807) is 6.92 Å². The second-order valence-corrected chi connectivity index (χ2v) is 10.2. The number of nitrogens with one attached hydrogen (secondary N) is 1. The van der Waals surface area contributed by atoms with Gasteiger partial charge in [-0.05, 0) is 42.8 Å². The zero-order valence-corrected chi connectivity index (χ0v) is 20.0. The highest BCUT2D eigenvalue weighted by Crippen LogP contribution is 2.48. The van der Waals surface area contributed by atoms with E-state index in [2.05, 4.69) is 21.2 Å². The van der Waals surface area contributed by atoms with Gasteiger partial charge in [0.2, 0.25) is 0 Å². The maximum Gasteiger partial charge on any atom is 0.332 e. The van der Waals surface area contributed by atoms with Crippen molar-refractivity contribution in [2.24, 2.45) is 0 Å². The average Bonchev–Trinajstić information content (AvgIpc) is 3.24. The summed E-state index contributed by atoms with van der Waals surface area (Å²) < 4.78 is 6.85. The molecule has 3 aliphatic heterocycles. The Morgan fingerprint density at radius 1 is 1.12 bits per heavy atom. The minimum Gasteiger partial charge on any atom is -0.341 e. The second kappa shape index (κ2) is 7.45. The molecule has 7 nitrogen and oxygen atoms in total. The van der Waals surface area contributed by atoms with Crippen molar-refractivity contribution in [3.63, 3.8) is 0 Å². The van der Waals surface area contributed by atoms with Gasteiger partial charge >= 0.3 is 6.03 Å². The van der Waals surface area contributed by atoms with Gasteiger partial charge in [0.15, 0.2) is 5.72 Å². The first kappa shape index (κ1) is 21.7. The lowest BCUT2D eigenvalue weighted by atomic mass is 9.86. The molecule has 0 aromatic heterocycles. The molecule has 5 rings (SSSR count). The molecular weight excluding hydrogens is 521 g/mol. The number of imide groups is 1. The molecule has 2 aromatic carbocycles.